The van der Waals surface area contributed by atoms with Gasteiger partial charge >= 0.3 is 0 Å². The maximum absolute atomic E-state index is 6.18. The smallest absolute Gasteiger partial charge is 0.191 e. The molecule has 0 amide bonds. The van der Waals surface area contributed by atoms with Crippen molar-refractivity contribution in [1.29, 1.82) is 0 Å². The van der Waals surface area contributed by atoms with E-state index in [2.05, 4.69) is 52.8 Å². The Bertz CT molecular complexity index is 821. The topological polar surface area (TPSA) is 80.9 Å². The maximum atomic E-state index is 6.18. The van der Waals surface area contributed by atoms with Crippen molar-refractivity contribution in [2.45, 2.75) is 52.7 Å². The van der Waals surface area contributed by atoms with Gasteiger partial charge in [-0.25, -0.2) is 0 Å². The van der Waals surface area contributed by atoms with Crippen LogP contribution in [0.1, 0.15) is 47.4 Å². The van der Waals surface area contributed by atoms with Gasteiger partial charge in [-0.15, -0.1) is 0 Å². The van der Waals surface area contributed by atoms with Crippen molar-refractivity contribution < 1.29 is 14.0 Å². The summed E-state index contributed by atoms with van der Waals surface area (Å²) >= 11 is 0. The number of aliphatic imine (C=N–C) groups is 1. The number of hydrogen-bond acceptors (Lipinski definition) is 5. The van der Waals surface area contributed by atoms with Crippen molar-refractivity contribution in [2.75, 3.05) is 26.8 Å². The van der Waals surface area contributed by atoms with Crippen molar-refractivity contribution in [1.82, 2.24) is 15.8 Å². The fourth-order valence-electron chi connectivity index (χ4n) is 3.65. The van der Waals surface area contributed by atoms with E-state index in [1.807, 2.05) is 13.8 Å². The summed E-state index contributed by atoms with van der Waals surface area (Å²) in [5, 5.41) is 10.8. The van der Waals surface area contributed by atoms with Crippen LogP contribution in [0, 0.1) is 20.8 Å². The van der Waals surface area contributed by atoms with Crippen LogP contribution in [-0.4, -0.2) is 44.0 Å². The highest BCUT2D eigenvalue weighted by molar-refractivity contribution is 5.79. The number of aryl methyl sites for hydroxylation is 3. The van der Waals surface area contributed by atoms with Crippen LogP contribution >= 0.6 is 0 Å². The minimum absolute atomic E-state index is 0.129. The Labute approximate surface area is 172 Å². The Balaban J connectivity index is 1.58. The van der Waals surface area contributed by atoms with Gasteiger partial charge in [0.15, 0.2) is 5.96 Å². The number of rotatable bonds is 7. The van der Waals surface area contributed by atoms with E-state index in [-0.39, 0.29) is 12.0 Å². The van der Waals surface area contributed by atoms with Crippen LogP contribution in [0.2, 0.25) is 0 Å². The second-order valence-corrected chi connectivity index (χ2v) is 7.66. The molecule has 0 spiro atoms. The molecule has 7 nitrogen and oxygen atoms in total. The molecule has 158 valence electrons. The van der Waals surface area contributed by atoms with Crippen LogP contribution in [0.3, 0.4) is 0 Å². The zero-order valence-corrected chi connectivity index (χ0v) is 18.0. The third-order valence-corrected chi connectivity index (χ3v) is 5.23. The van der Waals surface area contributed by atoms with Crippen molar-refractivity contribution in [3.63, 3.8) is 0 Å². The van der Waals surface area contributed by atoms with E-state index in [4.69, 9.17) is 14.0 Å². The first-order valence-electron chi connectivity index (χ1n) is 10.2. The van der Waals surface area contributed by atoms with Gasteiger partial charge in [-0.2, -0.15) is 0 Å². The second-order valence-electron chi connectivity index (χ2n) is 7.66. The first-order chi connectivity index (χ1) is 14.0. The molecule has 0 saturated carbocycles. The maximum Gasteiger partial charge on any atom is 0.191 e. The number of nitrogens with one attached hydrogen (secondary N) is 2. The molecule has 1 aromatic carbocycles. The van der Waals surface area contributed by atoms with Gasteiger partial charge in [-0.05, 0) is 32.4 Å². The summed E-state index contributed by atoms with van der Waals surface area (Å²) in [5.74, 6) is 2.80. The Morgan fingerprint density at radius 1 is 1.31 bits per heavy atom. The van der Waals surface area contributed by atoms with E-state index in [9.17, 15) is 0 Å². The summed E-state index contributed by atoms with van der Waals surface area (Å²) < 4.78 is 16.9. The molecular weight excluding hydrogens is 368 g/mol. The number of ether oxygens (including phenoxy) is 2. The molecule has 0 bridgehead atoms. The molecule has 0 aliphatic carbocycles. The molecule has 2 atom stereocenters. The van der Waals surface area contributed by atoms with Crippen LogP contribution in [0.5, 0.6) is 5.75 Å². The van der Waals surface area contributed by atoms with E-state index >= 15 is 0 Å². The molecule has 0 radical (unpaired) electrons. The van der Waals surface area contributed by atoms with Crippen molar-refractivity contribution in [3.05, 3.63) is 46.3 Å². The van der Waals surface area contributed by atoms with E-state index < -0.39 is 0 Å². The first kappa shape index (κ1) is 21.2. The third kappa shape index (κ3) is 5.50. The summed E-state index contributed by atoms with van der Waals surface area (Å²) in [6.45, 7) is 10.9. The predicted molar refractivity (Wildman–Crippen MR) is 114 cm³/mol. The number of hydrogen-bond donors (Lipinski definition) is 2. The molecule has 29 heavy (non-hydrogen) atoms. The van der Waals surface area contributed by atoms with Crippen molar-refractivity contribution >= 4 is 5.96 Å². The van der Waals surface area contributed by atoms with Crippen LogP contribution in [0.15, 0.2) is 27.7 Å². The zero-order valence-electron chi connectivity index (χ0n) is 18.0. The molecule has 2 N–H and O–H groups in total. The highest BCUT2D eigenvalue weighted by atomic mass is 16.5. The monoisotopic (exact) mass is 400 g/mol. The molecule has 3 rings (SSSR count). The molecule has 1 saturated heterocycles. The Hall–Kier alpha value is -2.54. The Morgan fingerprint density at radius 2 is 2.14 bits per heavy atom. The van der Waals surface area contributed by atoms with Crippen molar-refractivity contribution in [2.24, 2.45) is 4.99 Å². The number of nitrogens with zero attached hydrogens (tertiary/aromatic N) is 2. The lowest BCUT2D eigenvalue weighted by atomic mass is 10.00. The highest BCUT2D eigenvalue weighted by Gasteiger charge is 2.19. The Kier molecular flexibility index (Phi) is 7.14. The normalized spacial score (nSPS) is 18.0. The average molecular weight is 401 g/mol. The molecule has 2 heterocycles. The largest absolute Gasteiger partial charge is 0.488 e. The average Bonchev–Trinajstić information content (AvgIpc) is 3.32. The fourth-order valence-corrected chi connectivity index (χ4v) is 3.65. The summed E-state index contributed by atoms with van der Waals surface area (Å²) in [5.41, 5.74) is 4.38. The lowest BCUT2D eigenvalue weighted by Gasteiger charge is -2.19. The lowest BCUT2D eigenvalue weighted by molar-refractivity contribution is 0.140. The van der Waals surface area contributed by atoms with Crippen LogP contribution in [0.25, 0.3) is 0 Å². The molecule has 1 fully saturated rings. The van der Waals surface area contributed by atoms with Gasteiger partial charge in [0.1, 0.15) is 17.6 Å². The van der Waals surface area contributed by atoms with Gasteiger partial charge in [0.25, 0.3) is 0 Å². The molecule has 1 aliphatic rings. The molecule has 2 aromatic rings. The van der Waals surface area contributed by atoms with Gasteiger partial charge < -0.3 is 24.6 Å². The van der Waals surface area contributed by atoms with E-state index in [0.29, 0.717) is 13.2 Å². The van der Waals surface area contributed by atoms with Gasteiger partial charge in [0.2, 0.25) is 0 Å². The highest BCUT2D eigenvalue weighted by Crippen LogP contribution is 2.24. The summed E-state index contributed by atoms with van der Waals surface area (Å²) in [6, 6.07) is 6.29. The quantitative estimate of drug-likeness (QED) is 0.549. The minimum Gasteiger partial charge on any atom is -0.488 e. The van der Waals surface area contributed by atoms with Crippen LogP contribution < -0.4 is 15.4 Å². The second kappa shape index (κ2) is 9.78. The van der Waals surface area contributed by atoms with Crippen LogP contribution in [-0.2, 0) is 11.3 Å². The van der Waals surface area contributed by atoms with Gasteiger partial charge in [-0.3, -0.25) is 4.99 Å². The SMILES string of the molecule is CN=C(NCc1ccc(C)cc1OC1CCOC1)NCC(C)c1c(C)noc1C. The number of benzene rings is 1. The zero-order chi connectivity index (χ0) is 20.8. The summed E-state index contributed by atoms with van der Waals surface area (Å²) in [6.07, 6.45) is 1.06. The first-order valence-corrected chi connectivity index (χ1v) is 10.2. The summed E-state index contributed by atoms with van der Waals surface area (Å²) in [4.78, 5) is 4.35. The molecule has 7 heteroatoms. The summed E-state index contributed by atoms with van der Waals surface area (Å²) in [7, 11) is 1.78. The van der Waals surface area contributed by atoms with Gasteiger partial charge in [0.05, 0.1) is 18.9 Å². The van der Waals surface area contributed by atoms with E-state index in [1.165, 1.54) is 5.56 Å². The standard InChI is InChI=1S/C22H32N4O3/c1-14-6-7-18(20(10-14)28-19-8-9-27-13-19)12-25-22(23-5)24-11-15(2)21-16(3)26-29-17(21)4/h6-7,10,15,19H,8-9,11-13H2,1-5H3,(H2,23,24,25). The van der Waals surface area contributed by atoms with E-state index in [1.54, 1.807) is 7.05 Å². The predicted octanol–water partition coefficient (Wildman–Crippen LogP) is 3.24. The van der Waals surface area contributed by atoms with Crippen LogP contribution in [0.4, 0.5) is 0 Å². The van der Waals surface area contributed by atoms with Gasteiger partial charge in [-0.1, -0.05) is 24.2 Å². The van der Waals surface area contributed by atoms with Gasteiger partial charge in [0, 0.05) is 43.6 Å². The molecule has 1 aromatic heterocycles. The lowest BCUT2D eigenvalue weighted by Crippen LogP contribution is -2.38. The molecule has 2 unspecified atom stereocenters. The number of guanidine groups is 1. The Morgan fingerprint density at radius 3 is 2.79 bits per heavy atom. The van der Waals surface area contributed by atoms with E-state index in [0.717, 1.165) is 53.9 Å². The molecule has 1 aliphatic heterocycles. The minimum atomic E-state index is 0.129. The van der Waals surface area contributed by atoms with Crippen molar-refractivity contribution in [3.8, 4) is 5.75 Å². The third-order valence-electron chi connectivity index (χ3n) is 5.23. The fraction of sp³-hybridized carbons (Fsp3) is 0.545. The molecular formula is C22H32N4O3. The number of aromatic nitrogens is 1.